The number of fused-ring (bicyclic) bond motifs is 3. The van der Waals surface area contributed by atoms with Crippen LogP contribution in [0, 0.1) is 0 Å². The molecule has 2 atom stereocenters. The zero-order chi connectivity index (χ0) is 24.7. The summed E-state index contributed by atoms with van der Waals surface area (Å²) in [6.07, 6.45) is -0.203. The predicted octanol–water partition coefficient (Wildman–Crippen LogP) is 5.42. The molecular formula is C26H23BrN2O6. The van der Waals surface area contributed by atoms with Crippen molar-refractivity contribution in [2.24, 2.45) is 5.10 Å². The van der Waals surface area contributed by atoms with Gasteiger partial charge in [0.05, 0.1) is 33.1 Å². The average Bonchev–Trinajstić information content (AvgIpc) is 3.33. The van der Waals surface area contributed by atoms with E-state index in [1.165, 1.54) is 14.2 Å². The minimum atomic E-state index is -1.15. The van der Waals surface area contributed by atoms with Gasteiger partial charge >= 0.3 is 5.97 Å². The SMILES string of the molecule is COc1ccccc1C1=NN2[C@@H](c3ccc(OC)c(OC)c3C(=O)O)Oc3ccc(Br)cc3[C@@H]2C1. The van der Waals surface area contributed by atoms with Crippen LogP contribution in [0.5, 0.6) is 23.0 Å². The number of ether oxygens (including phenoxy) is 4. The molecule has 0 unspecified atom stereocenters. The first-order valence-electron chi connectivity index (χ1n) is 10.9. The van der Waals surface area contributed by atoms with Crippen molar-refractivity contribution < 1.29 is 28.8 Å². The van der Waals surface area contributed by atoms with E-state index in [0.29, 0.717) is 23.5 Å². The molecule has 5 rings (SSSR count). The van der Waals surface area contributed by atoms with Gasteiger partial charge in [-0.1, -0.05) is 28.1 Å². The zero-order valence-corrected chi connectivity index (χ0v) is 20.9. The van der Waals surface area contributed by atoms with Crippen molar-refractivity contribution >= 4 is 27.6 Å². The van der Waals surface area contributed by atoms with Crippen LogP contribution in [0.4, 0.5) is 0 Å². The summed E-state index contributed by atoms with van der Waals surface area (Å²) >= 11 is 3.56. The molecular weight excluding hydrogens is 516 g/mol. The summed E-state index contributed by atoms with van der Waals surface area (Å²) in [5.41, 5.74) is 3.05. The highest BCUT2D eigenvalue weighted by molar-refractivity contribution is 9.10. The summed E-state index contributed by atoms with van der Waals surface area (Å²) in [4.78, 5) is 12.4. The molecule has 1 N–H and O–H groups in total. The molecule has 35 heavy (non-hydrogen) atoms. The van der Waals surface area contributed by atoms with Crippen molar-refractivity contribution in [2.45, 2.75) is 18.7 Å². The Morgan fingerprint density at radius 2 is 1.80 bits per heavy atom. The van der Waals surface area contributed by atoms with E-state index >= 15 is 0 Å². The van der Waals surface area contributed by atoms with Crippen LogP contribution in [0.15, 0.2) is 64.2 Å². The highest BCUT2D eigenvalue weighted by Gasteiger charge is 2.43. The molecule has 2 heterocycles. The van der Waals surface area contributed by atoms with Crippen LogP contribution in [0.25, 0.3) is 0 Å². The largest absolute Gasteiger partial charge is 0.496 e. The standard InChI is InChI=1S/C26H23BrN2O6/c1-32-20-7-5-4-6-15(20)18-13-19-17-12-14(27)8-10-21(17)35-25(29(19)28-18)16-9-11-22(33-2)24(34-3)23(16)26(30)31/h4-12,19,25H,13H2,1-3H3,(H,30,31)/t19-,25+/m0/s1. The molecule has 0 fully saturated rings. The van der Waals surface area contributed by atoms with Gasteiger partial charge in [0.2, 0.25) is 6.23 Å². The minimum absolute atomic E-state index is 0.0305. The summed E-state index contributed by atoms with van der Waals surface area (Å²) < 4.78 is 23.7. The Hall–Kier alpha value is -3.72. The Morgan fingerprint density at radius 1 is 1.03 bits per heavy atom. The lowest BCUT2D eigenvalue weighted by Crippen LogP contribution is -2.34. The fourth-order valence-corrected chi connectivity index (χ4v) is 5.06. The van der Waals surface area contributed by atoms with Crippen LogP contribution in [0.2, 0.25) is 0 Å². The van der Waals surface area contributed by atoms with Crippen LogP contribution in [-0.4, -0.2) is 43.1 Å². The first-order valence-corrected chi connectivity index (χ1v) is 11.7. The maximum atomic E-state index is 12.4. The number of aromatic carboxylic acids is 1. The fraction of sp³-hybridized carbons (Fsp3) is 0.231. The third kappa shape index (κ3) is 3.85. The average molecular weight is 539 g/mol. The topological polar surface area (TPSA) is 89.8 Å². The molecule has 0 spiro atoms. The molecule has 0 radical (unpaired) electrons. The summed E-state index contributed by atoms with van der Waals surface area (Å²) in [6, 6.07) is 16.7. The van der Waals surface area contributed by atoms with Crippen molar-refractivity contribution in [3.8, 4) is 23.0 Å². The molecule has 0 aromatic heterocycles. The van der Waals surface area contributed by atoms with E-state index in [9.17, 15) is 9.90 Å². The number of carboxylic acids is 1. The molecule has 2 aliphatic rings. The highest BCUT2D eigenvalue weighted by atomic mass is 79.9. The van der Waals surface area contributed by atoms with Gasteiger partial charge < -0.3 is 24.1 Å². The number of nitrogens with zero attached hydrogens (tertiary/aromatic N) is 2. The van der Waals surface area contributed by atoms with Gasteiger partial charge in [-0.2, -0.15) is 5.10 Å². The third-order valence-corrected chi connectivity index (χ3v) is 6.72. The van der Waals surface area contributed by atoms with E-state index in [1.54, 1.807) is 19.2 Å². The Morgan fingerprint density at radius 3 is 2.51 bits per heavy atom. The molecule has 2 aliphatic heterocycles. The van der Waals surface area contributed by atoms with E-state index < -0.39 is 12.2 Å². The van der Waals surface area contributed by atoms with E-state index in [4.69, 9.17) is 24.0 Å². The number of carbonyl (C=O) groups is 1. The maximum Gasteiger partial charge on any atom is 0.340 e. The van der Waals surface area contributed by atoms with Crippen molar-refractivity contribution in [3.05, 3.63) is 81.3 Å². The van der Waals surface area contributed by atoms with Gasteiger partial charge in [0.15, 0.2) is 11.5 Å². The lowest BCUT2D eigenvalue weighted by atomic mass is 9.94. The van der Waals surface area contributed by atoms with Crippen molar-refractivity contribution in [2.75, 3.05) is 21.3 Å². The van der Waals surface area contributed by atoms with Crippen molar-refractivity contribution in [1.29, 1.82) is 0 Å². The van der Waals surface area contributed by atoms with Crippen molar-refractivity contribution in [3.63, 3.8) is 0 Å². The molecule has 180 valence electrons. The lowest BCUT2D eigenvalue weighted by Gasteiger charge is -2.38. The van der Waals surface area contributed by atoms with Crippen molar-refractivity contribution in [1.82, 2.24) is 5.01 Å². The Bertz CT molecular complexity index is 1340. The molecule has 0 aliphatic carbocycles. The van der Waals surface area contributed by atoms with Crippen LogP contribution in [-0.2, 0) is 0 Å². The van der Waals surface area contributed by atoms with Gasteiger partial charge in [0, 0.05) is 27.6 Å². The number of halogens is 1. The number of rotatable bonds is 6. The molecule has 3 aromatic rings. The number of para-hydroxylation sites is 1. The van der Waals surface area contributed by atoms with Gasteiger partial charge in [0.25, 0.3) is 0 Å². The molecule has 8 nitrogen and oxygen atoms in total. The molecule has 0 saturated heterocycles. The summed E-state index contributed by atoms with van der Waals surface area (Å²) in [5, 5.41) is 16.9. The normalized spacial score (nSPS) is 18.2. The predicted molar refractivity (Wildman–Crippen MR) is 133 cm³/mol. The number of methoxy groups -OCH3 is 3. The lowest BCUT2D eigenvalue weighted by molar-refractivity contribution is -0.0199. The number of hydrazone groups is 1. The molecule has 0 amide bonds. The third-order valence-electron chi connectivity index (χ3n) is 6.23. The summed E-state index contributed by atoms with van der Waals surface area (Å²) in [7, 11) is 4.51. The Balaban J connectivity index is 1.69. The molecule has 0 bridgehead atoms. The molecule has 3 aromatic carbocycles. The van der Waals surface area contributed by atoms with E-state index in [2.05, 4.69) is 15.9 Å². The quantitative estimate of drug-likeness (QED) is 0.448. The molecule has 9 heteroatoms. The van der Waals surface area contributed by atoms with Crippen LogP contribution >= 0.6 is 15.9 Å². The Labute approximate surface area is 210 Å². The molecule has 0 saturated carbocycles. The monoisotopic (exact) mass is 538 g/mol. The van der Waals surface area contributed by atoms with Gasteiger partial charge in [-0.15, -0.1) is 0 Å². The van der Waals surface area contributed by atoms with E-state index in [0.717, 1.165) is 27.1 Å². The van der Waals surface area contributed by atoms with Crippen LogP contribution < -0.4 is 18.9 Å². The number of benzene rings is 3. The maximum absolute atomic E-state index is 12.4. The first kappa shape index (κ1) is 23.0. The van der Waals surface area contributed by atoms with Gasteiger partial charge in [0.1, 0.15) is 17.1 Å². The minimum Gasteiger partial charge on any atom is -0.496 e. The first-order chi connectivity index (χ1) is 17.0. The van der Waals surface area contributed by atoms with Crippen LogP contribution in [0.1, 0.15) is 45.7 Å². The van der Waals surface area contributed by atoms with Crippen LogP contribution in [0.3, 0.4) is 0 Å². The zero-order valence-electron chi connectivity index (χ0n) is 19.3. The van der Waals surface area contributed by atoms with Gasteiger partial charge in [-0.3, -0.25) is 0 Å². The Kier molecular flexibility index (Phi) is 6.02. The smallest absolute Gasteiger partial charge is 0.340 e. The van der Waals surface area contributed by atoms with E-state index in [-0.39, 0.29) is 17.4 Å². The number of hydrogen-bond acceptors (Lipinski definition) is 7. The summed E-state index contributed by atoms with van der Waals surface area (Å²) in [6.45, 7) is 0. The number of carboxylic acid groups (broad SMARTS) is 1. The van der Waals surface area contributed by atoms with E-state index in [1.807, 2.05) is 47.5 Å². The second-order valence-corrected chi connectivity index (χ2v) is 8.99. The van der Waals surface area contributed by atoms with Gasteiger partial charge in [-0.25, -0.2) is 9.80 Å². The highest BCUT2D eigenvalue weighted by Crippen LogP contribution is 2.50. The number of hydrogen-bond donors (Lipinski definition) is 1. The second kappa shape index (κ2) is 9.14. The fourth-order valence-electron chi connectivity index (χ4n) is 4.68. The second-order valence-electron chi connectivity index (χ2n) is 8.07. The van der Waals surface area contributed by atoms with Gasteiger partial charge in [-0.05, 0) is 42.5 Å². The summed E-state index contributed by atoms with van der Waals surface area (Å²) in [5.74, 6) is 0.695.